The molecule has 0 aliphatic heterocycles. The molecule has 3 aromatic rings. The molecule has 0 fully saturated rings. The molecule has 1 amide bonds. The molecule has 2 aromatic carbocycles. The summed E-state index contributed by atoms with van der Waals surface area (Å²) in [6.45, 7) is 0. The van der Waals surface area contributed by atoms with E-state index in [1.165, 1.54) is 0 Å². The molecule has 1 heterocycles. The monoisotopic (exact) mass is 403 g/mol. The third-order valence-electron chi connectivity index (χ3n) is 4.39. The van der Waals surface area contributed by atoms with Gasteiger partial charge in [0.05, 0.1) is 0 Å². The molecule has 4 rings (SSSR count). The molecule has 6 nitrogen and oxygen atoms in total. The number of hydrogen-bond donors (Lipinski definition) is 2. The van der Waals surface area contributed by atoms with Crippen LogP contribution < -0.4 is 10.6 Å². The summed E-state index contributed by atoms with van der Waals surface area (Å²) in [4.78, 5) is 41.5. The molecule has 142 valence electrons. The summed E-state index contributed by atoms with van der Waals surface area (Å²) in [5.41, 5.74) is 1.54. The first kappa shape index (κ1) is 18.6. The second kappa shape index (κ2) is 7.69. The summed E-state index contributed by atoms with van der Waals surface area (Å²) in [6.07, 6.45) is 1.58. The fourth-order valence-corrected chi connectivity index (χ4v) is 3.17. The Kier molecular flexibility index (Phi) is 4.93. The van der Waals surface area contributed by atoms with Gasteiger partial charge in [-0.3, -0.25) is 14.4 Å². The van der Waals surface area contributed by atoms with E-state index < -0.39 is 5.78 Å². The van der Waals surface area contributed by atoms with E-state index in [1.54, 1.807) is 72.9 Å². The van der Waals surface area contributed by atoms with E-state index in [2.05, 4.69) is 15.6 Å². The highest BCUT2D eigenvalue weighted by Gasteiger charge is 2.31. The SMILES string of the molecule is O=C(Nc1ccccn1)c1ccc(NC2=C(Cl)C(=O)c3ccccc3C2=O)cc1. The van der Waals surface area contributed by atoms with Crippen molar-refractivity contribution in [3.63, 3.8) is 0 Å². The van der Waals surface area contributed by atoms with Gasteiger partial charge in [-0.15, -0.1) is 0 Å². The van der Waals surface area contributed by atoms with Gasteiger partial charge in [-0.05, 0) is 36.4 Å². The largest absolute Gasteiger partial charge is 0.351 e. The highest BCUT2D eigenvalue weighted by atomic mass is 35.5. The van der Waals surface area contributed by atoms with Crippen LogP contribution in [0.15, 0.2) is 83.7 Å². The number of carbonyl (C=O) groups is 3. The number of pyridine rings is 1. The minimum Gasteiger partial charge on any atom is -0.351 e. The first-order chi connectivity index (χ1) is 14.0. The molecule has 1 aliphatic rings. The maximum absolute atomic E-state index is 12.7. The minimum absolute atomic E-state index is 0.0149. The number of ketones is 2. The van der Waals surface area contributed by atoms with Gasteiger partial charge in [0.2, 0.25) is 11.6 Å². The van der Waals surface area contributed by atoms with Crippen molar-refractivity contribution in [2.75, 3.05) is 10.6 Å². The predicted octanol–water partition coefficient (Wildman–Crippen LogP) is 4.28. The molecular weight excluding hydrogens is 390 g/mol. The van der Waals surface area contributed by atoms with Crippen LogP contribution in [0.25, 0.3) is 0 Å². The number of amides is 1. The van der Waals surface area contributed by atoms with Crippen molar-refractivity contribution in [3.8, 4) is 0 Å². The van der Waals surface area contributed by atoms with E-state index in [9.17, 15) is 14.4 Å². The number of anilines is 2. The minimum atomic E-state index is -0.407. The number of nitrogens with one attached hydrogen (secondary N) is 2. The van der Waals surface area contributed by atoms with Crippen LogP contribution in [0.2, 0.25) is 0 Å². The zero-order valence-corrected chi connectivity index (χ0v) is 15.7. The Balaban J connectivity index is 1.53. The first-order valence-corrected chi connectivity index (χ1v) is 9.10. The molecule has 1 aromatic heterocycles. The zero-order valence-electron chi connectivity index (χ0n) is 15.0. The van der Waals surface area contributed by atoms with Crippen LogP contribution in [-0.2, 0) is 0 Å². The molecule has 29 heavy (non-hydrogen) atoms. The van der Waals surface area contributed by atoms with Crippen molar-refractivity contribution in [1.29, 1.82) is 0 Å². The Morgan fingerprint density at radius 2 is 1.48 bits per heavy atom. The summed E-state index contributed by atoms with van der Waals surface area (Å²) >= 11 is 6.15. The number of fused-ring (bicyclic) bond motifs is 1. The second-order valence-electron chi connectivity index (χ2n) is 6.26. The number of rotatable bonds is 4. The quantitative estimate of drug-likeness (QED) is 0.679. The smallest absolute Gasteiger partial charge is 0.256 e. The number of allylic oxidation sites excluding steroid dienone is 2. The predicted molar refractivity (Wildman–Crippen MR) is 110 cm³/mol. The topological polar surface area (TPSA) is 88.2 Å². The molecule has 0 atom stereocenters. The third kappa shape index (κ3) is 3.66. The number of carbonyl (C=O) groups excluding carboxylic acids is 3. The lowest BCUT2D eigenvalue weighted by Gasteiger charge is -2.19. The van der Waals surface area contributed by atoms with Gasteiger partial charge in [0.15, 0.2) is 0 Å². The normalized spacial score (nSPS) is 13.1. The van der Waals surface area contributed by atoms with Crippen LogP contribution in [-0.4, -0.2) is 22.5 Å². The molecule has 7 heteroatoms. The summed E-state index contributed by atoms with van der Waals surface area (Å²) in [6, 6.07) is 18.2. The van der Waals surface area contributed by atoms with Crippen LogP contribution >= 0.6 is 11.6 Å². The molecule has 2 N–H and O–H groups in total. The van der Waals surface area contributed by atoms with Gasteiger partial charge in [-0.25, -0.2) is 4.98 Å². The Labute approximate surface area is 171 Å². The lowest BCUT2D eigenvalue weighted by molar-refractivity contribution is 0.0982. The standard InChI is InChI=1S/C22H14ClN3O3/c23-18-19(21(28)16-6-2-1-5-15(16)20(18)27)25-14-10-8-13(9-11-14)22(29)26-17-7-3-4-12-24-17/h1-12,25H,(H,24,26,29). The van der Waals surface area contributed by atoms with E-state index in [0.717, 1.165) is 0 Å². The maximum Gasteiger partial charge on any atom is 0.256 e. The Morgan fingerprint density at radius 3 is 2.14 bits per heavy atom. The van der Waals surface area contributed by atoms with Crippen LogP contribution in [0.5, 0.6) is 0 Å². The Bertz CT molecular complexity index is 1160. The highest BCUT2D eigenvalue weighted by molar-refractivity contribution is 6.50. The molecule has 0 saturated carbocycles. The molecule has 0 bridgehead atoms. The number of benzene rings is 2. The van der Waals surface area contributed by atoms with Crippen LogP contribution in [0.3, 0.4) is 0 Å². The van der Waals surface area contributed by atoms with Crippen molar-refractivity contribution in [1.82, 2.24) is 4.98 Å². The van der Waals surface area contributed by atoms with Gasteiger partial charge in [0.25, 0.3) is 5.91 Å². The molecule has 1 aliphatic carbocycles. The summed E-state index contributed by atoms with van der Waals surface area (Å²) in [5.74, 6) is -0.634. The number of Topliss-reactive ketones (excluding diaryl/α,β-unsaturated/α-hetero) is 2. The van der Waals surface area contributed by atoms with Crippen LogP contribution in [0.1, 0.15) is 31.1 Å². The van der Waals surface area contributed by atoms with Gasteiger partial charge >= 0.3 is 0 Å². The maximum atomic E-state index is 12.7. The van der Waals surface area contributed by atoms with E-state index >= 15 is 0 Å². The number of aromatic nitrogens is 1. The Morgan fingerprint density at radius 1 is 0.828 bits per heavy atom. The zero-order chi connectivity index (χ0) is 20.4. The van der Waals surface area contributed by atoms with Crippen molar-refractivity contribution in [2.45, 2.75) is 0 Å². The number of hydrogen-bond acceptors (Lipinski definition) is 5. The van der Waals surface area contributed by atoms with Crippen LogP contribution in [0, 0.1) is 0 Å². The third-order valence-corrected chi connectivity index (χ3v) is 4.75. The molecule has 0 spiro atoms. The lowest BCUT2D eigenvalue weighted by atomic mass is 9.92. The van der Waals surface area contributed by atoms with Gasteiger partial charge in [-0.2, -0.15) is 0 Å². The van der Waals surface area contributed by atoms with E-state index in [0.29, 0.717) is 22.6 Å². The summed E-state index contributed by atoms with van der Waals surface area (Å²) in [5, 5.41) is 5.43. The average molecular weight is 404 g/mol. The molecule has 0 saturated heterocycles. The average Bonchev–Trinajstić information content (AvgIpc) is 2.76. The van der Waals surface area contributed by atoms with Crippen molar-refractivity contribution in [3.05, 3.63) is 100 Å². The molecule has 0 unspecified atom stereocenters. The van der Waals surface area contributed by atoms with Crippen molar-refractivity contribution < 1.29 is 14.4 Å². The van der Waals surface area contributed by atoms with Crippen molar-refractivity contribution >= 4 is 40.6 Å². The van der Waals surface area contributed by atoms with Gasteiger partial charge in [0.1, 0.15) is 16.5 Å². The van der Waals surface area contributed by atoms with E-state index in [4.69, 9.17) is 11.6 Å². The summed E-state index contributed by atoms with van der Waals surface area (Å²) < 4.78 is 0. The number of nitrogens with zero attached hydrogens (tertiary/aromatic N) is 1. The Hall–Kier alpha value is -3.77. The number of halogens is 1. The van der Waals surface area contributed by atoms with Gasteiger partial charge < -0.3 is 10.6 Å². The van der Waals surface area contributed by atoms with E-state index in [-0.39, 0.29) is 28.0 Å². The first-order valence-electron chi connectivity index (χ1n) is 8.72. The van der Waals surface area contributed by atoms with Crippen molar-refractivity contribution in [2.24, 2.45) is 0 Å². The van der Waals surface area contributed by atoms with Gasteiger partial charge in [-0.1, -0.05) is 41.9 Å². The van der Waals surface area contributed by atoms with Gasteiger partial charge in [0, 0.05) is 28.6 Å². The summed E-state index contributed by atoms with van der Waals surface area (Å²) in [7, 11) is 0. The lowest BCUT2D eigenvalue weighted by Crippen LogP contribution is -2.24. The second-order valence-corrected chi connectivity index (χ2v) is 6.64. The van der Waals surface area contributed by atoms with E-state index in [1.807, 2.05) is 0 Å². The fourth-order valence-electron chi connectivity index (χ4n) is 2.93. The molecular formula is C22H14ClN3O3. The van der Waals surface area contributed by atoms with Crippen LogP contribution in [0.4, 0.5) is 11.5 Å². The highest BCUT2D eigenvalue weighted by Crippen LogP contribution is 2.29. The fraction of sp³-hybridized carbons (Fsp3) is 0. The molecule has 0 radical (unpaired) electrons.